The molecule has 1 aliphatic heterocycles. The lowest BCUT2D eigenvalue weighted by molar-refractivity contribution is 0.236. The number of benzene rings is 1. The number of halogens is 1. The molecule has 0 radical (unpaired) electrons. The second kappa shape index (κ2) is 7.03. The summed E-state index contributed by atoms with van der Waals surface area (Å²) in [5.41, 5.74) is 1.93. The first-order chi connectivity index (χ1) is 10.7. The van der Waals surface area contributed by atoms with Gasteiger partial charge < -0.3 is 10.6 Å². The summed E-state index contributed by atoms with van der Waals surface area (Å²) in [4.78, 5) is 17.5. The van der Waals surface area contributed by atoms with Crippen molar-refractivity contribution >= 4 is 29.4 Å². The third kappa shape index (κ3) is 3.72. The summed E-state index contributed by atoms with van der Waals surface area (Å²) in [6, 6.07) is 11.3. The molecule has 0 saturated carbocycles. The van der Waals surface area contributed by atoms with Gasteiger partial charge in [-0.1, -0.05) is 17.7 Å². The van der Waals surface area contributed by atoms with Crippen molar-refractivity contribution in [2.75, 3.05) is 5.75 Å². The maximum absolute atomic E-state index is 12.1. The van der Waals surface area contributed by atoms with Crippen molar-refractivity contribution in [1.82, 2.24) is 15.6 Å². The molecule has 0 aliphatic carbocycles. The number of amides is 2. The Morgan fingerprint density at radius 2 is 2.27 bits per heavy atom. The first-order valence-corrected chi connectivity index (χ1v) is 8.45. The van der Waals surface area contributed by atoms with E-state index in [9.17, 15) is 4.79 Å². The summed E-state index contributed by atoms with van der Waals surface area (Å²) >= 11 is 7.87. The molecule has 0 saturated heterocycles. The smallest absolute Gasteiger partial charge is 0.315 e. The summed E-state index contributed by atoms with van der Waals surface area (Å²) in [6.45, 7) is 0.413. The molecule has 6 heteroatoms. The van der Waals surface area contributed by atoms with E-state index in [1.165, 1.54) is 4.90 Å². The van der Waals surface area contributed by atoms with E-state index in [4.69, 9.17) is 11.6 Å². The van der Waals surface area contributed by atoms with Gasteiger partial charge in [0, 0.05) is 21.9 Å². The SMILES string of the molecule is O=C(NCc1ccccn1)NC1CCSc2ccc(Cl)cc21. The highest BCUT2D eigenvalue weighted by Crippen LogP contribution is 2.37. The van der Waals surface area contributed by atoms with Crippen LogP contribution in [0.5, 0.6) is 0 Å². The quantitative estimate of drug-likeness (QED) is 0.899. The summed E-state index contributed by atoms with van der Waals surface area (Å²) < 4.78 is 0. The van der Waals surface area contributed by atoms with Gasteiger partial charge in [0.15, 0.2) is 0 Å². The Kier molecular flexibility index (Phi) is 4.85. The Morgan fingerprint density at radius 3 is 3.09 bits per heavy atom. The van der Waals surface area contributed by atoms with Crippen molar-refractivity contribution in [1.29, 1.82) is 0 Å². The standard InChI is InChI=1S/C16H16ClN3OS/c17-11-4-5-15-13(9-11)14(6-8-22-15)20-16(21)19-10-12-3-1-2-7-18-12/h1-5,7,9,14H,6,8,10H2,(H2,19,20,21). The predicted molar refractivity (Wildman–Crippen MR) is 89.1 cm³/mol. The summed E-state index contributed by atoms with van der Waals surface area (Å²) in [5, 5.41) is 6.56. The maximum Gasteiger partial charge on any atom is 0.315 e. The number of rotatable bonds is 3. The van der Waals surface area contributed by atoms with E-state index >= 15 is 0 Å². The van der Waals surface area contributed by atoms with Gasteiger partial charge in [0.2, 0.25) is 0 Å². The minimum Gasteiger partial charge on any atom is -0.332 e. The highest BCUT2D eigenvalue weighted by Gasteiger charge is 2.22. The molecule has 114 valence electrons. The summed E-state index contributed by atoms with van der Waals surface area (Å²) in [5.74, 6) is 0.986. The molecule has 1 aromatic carbocycles. The number of nitrogens with one attached hydrogen (secondary N) is 2. The third-order valence-electron chi connectivity index (χ3n) is 3.47. The van der Waals surface area contributed by atoms with Crippen molar-refractivity contribution in [2.45, 2.75) is 23.9 Å². The van der Waals surface area contributed by atoms with Gasteiger partial charge >= 0.3 is 6.03 Å². The van der Waals surface area contributed by atoms with Crippen molar-refractivity contribution < 1.29 is 4.79 Å². The molecule has 4 nitrogen and oxygen atoms in total. The first kappa shape index (κ1) is 15.2. The Hall–Kier alpha value is -1.72. The Bertz CT molecular complexity index is 666. The van der Waals surface area contributed by atoms with Crippen LogP contribution in [0.2, 0.25) is 5.02 Å². The van der Waals surface area contributed by atoms with Crippen LogP contribution < -0.4 is 10.6 Å². The molecule has 22 heavy (non-hydrogen) atoms. The molecule has 1 unspecified atom stereocenters. The highest BCUT2D eigenvalue weighted by molar-refractivity contribution is 7.99. The second-order valence-corrected chi connectivity index (χ2v) is 6.59. The van der Waals surface area contributed by atoms with E-state index in [1.807, 2.05) is 36.4 Å². The Labute approximate surface area is 138 Å². The van der Waals surface area contributed by atoms with Gasteiger partial charge in [0.1, 0.15) is 0 Å². The summed E-state index contributed by atoms with van der Waals surface area (Å²) in [7, 11) is 0. The molecule has 0 bridgehead atoms. The van der Waals surface area contributed by atoms with E-state index in [2.05, 4.69) is 15.6 Å². The number of hydrogen-bond acceptors (Lipinski definition) is 3. The minimum absolute atomic E-state index is 0.00122. The number of carbonyl (C=O) groups is 1. The number of pyridine rings is 1. The fourth-order valence-corrected chi connectivity index (χ4v) is 3.68. The van der Waals surface area contributed by atoms with E-state index in [-0.39, 0.29) is 12.1 Å². The normalized spacial score (nSPS) is 16.7. The zero-order chi connectivity index (χ0) is 15.4. The lowest BCUT2D eigenvalue weighted by Gasteiger charge is -2.26. The van der Waals surface area contributed by atoms with E-state index in [1.54, 1.807) is 18.0 Å². The number of urea groups is 1. The number of fused-ring (bicyclic) bond motifs is 1. The molecule has 3 rings (SSSR count). The van der Waals surface area contributed by atoms with Crippen LogP contribution in [0, 0.1) is 0 Å². The zero-order valence-electron chi connectivity index (χ0n) is 11.9. The molecule has 2 N–H and O–H groups in total. The first-order valence-electron chi connectivity index (χ1n) is 7.09. The van der Waals surface area contributed by atoms with Crippen LogP contribution in [0.1, 0.15) is 23.7 Å². The molecule has 0 fully saturated rings. The maximum atomic E-state index is 12.1. The molecule has 0 spiro atoms. The fourth-order valence-electron chi connectivity index (χ4n) is 2.40. The highest BCUT2D eigenvalue weighted by atomic mass is 35.5. The number of aromatic nitrogens is 1. The molecule has 2 aromatic rings. The number of carbonyl (C=O) groups excluding carboxylic acids is 1. The van der Waals surface area contributed by atoms with E-state index in [0.717, 1.165) is 23.4 Å². The number of thioether (sulfide) groups is 1. The lowest BCUT2D eigenvalue weighted by atomic mass is 10.0. The lowest BCUT2D eigenvalue weighted by Crippen LogP contribution is -2.38. The van der Waals surface area contributed by atoms with Gasteiger partial charge in [-0.3, -0.25) is 4.98 Å². The largest absolute Gasteiger partial charge is 0.332 e. The van der Waals surface area contributed by atoms with Gasteiger partial charge in [-0.05, 0) is 42.3 Å². The monoisotopic (exact) mass is 333 g/mol. The number of hydrogen-bond donors (Lipinski definition) is 2. The van der Waals surface area contributed by atoms with Crippen molar-refractivity contribution in [2.24, 2.45) is 0 Å². The van der Waals surface area contributed by atoms with Crippen molar-refractivity contribution in [3.8, 4) is 0 Å². The van der Waals surface area contributed by atoms with Gasteiger partial charge in [0.05, 0.1) is 18.3 Å². The predicted octanol–water partition coefficient (Wildman–Crippen LogP) is 3.77. The molecule has 1 aromatic heterocycles. The molecular formula is C16H16ClN3OS. The van der Waals surface area contributed by atoms with E-state index in [0.29, 0.717) is 11.6 Å². The van der Waals surface area contributed by atoms with Crippen molar-refractivity contribution in [3.63, 3.8) is 0 Å². The Morgan fingerprint density at radius 1 is 1.36 bits per heavy atom. The van der Waals surface area contributed by atoms with Crippen LogP contribution in [0.4, 0.5) is 4.79 Å². The second-order valence-electron chi connectivity index (χ2n) is 5.02. The van der Waals surface area contributed by atoms with Crippen LogP contribution in [0.25, 0.3) is 0 Å². The van der Waals surface area contributed by atoms with Gasteiger partial charge in [-0.15, -0.1) is 11.8 Å². The molecule has 2 heterocycles. The average Bonchev–Trinajstić information content (AvgIpc) is 2.54. The van der Waals surface area contributed by atoms with Gasteiger partial charge in [-0.2, -0.15) is 0 Å². The third-order valence-corrected chi connectivity index (χ3v) is 4.83. The van der Waals surface area contributed by atoms with Crippen LogP contribution >= 0.6 is 23.4 Å². The molecule has 1 atom stereocenters. The summed E-state index contributed by atoms with van der Waals surface area (Å²) in [6.07, 6.45) is 2.61. The molecule has 1 aliphatic rings. The average molecular weight is 334 g/mol. The minimum atomic E-state index is -0.187. The fraction of sp³-hybridized carbons (Fsp3) is 0.250. The van der Waals surface area contributed by atoms with Crippen LogP contribution in [-0.2, 0) is 6.54 Å². The van der Waals surface area contributed by atoms with Crippen LogP contribution in [0.3, 0.4) is 0 Å². The molecule has 2 amide bonds. The zero-order valence-corrected chi connectivity index (χ0v) is 13.5. The topological polar surface area (TPSA) is 54.0 Å². The van der Waals surface area contributed by atoms with Crippen molar-refractivity contribution in [3.05, 3.63) is 58.9 Å². The van der Waals surface area contributed by atoms with Crippen LogP contribution in [0.15, 0.2) is 47.5 Å². The number of nitrogens with zero attached hydrogens (tertiary/aromatic N) is 1. The van der Waals surface area contributed by atoms with Crippen LogP contribution in [-0.4, -0.2) is 16.8 Å². The molecular weight excluding hydrogens is 318 g/mol. The van der Waals surface area contributed by atoms with Gasteiger partial charge in [0.25, 0.3) is 0 Å². The van der Waals surface area contributed by atoms with E-state index < -0.39 is 0 Å². The Balaban J connectivity index is 1.62. The van der Waals surface area contributed by atoms with Gasteiger partial charge in [-0.25, -0.2) is 4.79 Å².